The van der Waals surface area contributed by atoms with Gasteiger partial charge in [-0.2, -0.15) is 0 Å². The smallest absolute Gasteiger partial charge is 0.302 e. The highest BCUT2D eigenvalue weighted by Crippen LogP contribution is 2.62. The van der Waals surface area contributed by atoms with Gasteiger partial charge < -0.3 is 4.74 Å². The molecule has 88 valence electrons. The molecule has 2 aliphatic rings. The van der Waals surface area contributed by atoms with Gasteiger partial charge in [0, 0.05) is 12.8 Å². The van der Waals surface area contributed by atoms with Crippen molar-refractivity contribution in [1.82, 2.24) is 0 Å². The maximum atomic E-state index is 12.0. The van der Waals surface area contributed by atoms with Crippen LogP contribution in [0.25, 0.3) is 0 Å². The first-order valence-electron chi connectivity index (χ1n) is 5.55. The van der Waals surface area contributed by atoms with Crippen molar-refractivity contribution in [2.24, 2.45) is 16.7 Å². The van der Waals surface area contributed by atoms with Gasteiger partial charge in [0.2, 0.25) is 11.6 Å². The number of Topliss-reactive ketones (excluding diaryl/α,β-unsaturated/α-hetero) is 2. The van der Waals surface area contributed by atoms with Crippen LogP contribution < -0.4 is 0 Å². The van der Waals surface area contributed by atoms with E-state index in [0.717, 1.165) is 6.42 Å². The second-order valence-corrected chi connectivity index (χ2v) is 5.37. The second kappa shape index (κ2) is 3.15. The Morgan fingerprint density at radius 1 is 1.44 bits per heavy atom. The summed E-state index contributed by atoms with van der Waals surface area (Å²) in [7, 11) is 0. The number of hydrogen-bond donors (Lipinski definition) is 0. The van der Waals surface area contributed by atoms with Gasteiger partial charge in [0.25, 0.3) is 0 Å². The summed E-state index contributed by atoms with van der Waals surface area (Å²) >= 11 is 0. The lowest BCUT2D eigenvalue weighted by Gasteiger charge is -2.34. The van der Waals surface area contributed by atoms with Gasteiger partial charge in [0.15, 0.2) is 0 Å². The van der Waals surface area contributed by atoms with Gasteiger partial charge in [-0.05, 0) is 18.3 Å². The molecule has 2 saturated carbocycles. The molecule has 4 heteroatoms. The normalized spacial score (nSPS) is 35.6. The van der Waals surface area contributed by atoms with Gasteiger partial charge in [-0.3, -0.25) is 14.4 Å². The van der Waals surface area contributed by atoms with Crippen molar-refractivity contribution in [3.05, 3.63) is 0 Å². The number of carbonyl (C=O) groups is 3. The van der Waals surface area contributed by atoms with E-state index < -0.39 is 11.4 Å². The fourth-order valence-electron chi connectivity index (χ4n) is 3.21. The van der Waals surface area contributed by atoms with Crippen LogP contribution in [0.1, 0.15) is 33.6 Å². The van der Waals surface area contributed by atoms with E-state index in [1.807, 2.05) is 13.8 Å². The van der Waals surface area contributed by atoms with Gasteiger partial charge in [-0.25, -0.2) is 0 Å². The number of ether oxygens (including phenoxy) is 1. The third kappa shape index (κ3) is 1.13. The molecule has 0 aromatic heterocycles. The summed E-state index contributed by atoms with van der Waals surface area (Å²) in [4.78, 5) is 34.6. The fraction of sp³-hybridized carbons (Fsp3) is 0.750. The SMILES string of the molecule is CC(=O)OC[C@]12CC[C@H](C(=O)C1=O)C2(C)C. The van der Waals surface area contributed by atoms with Crippen LogP contribution in [0, 0.1) is 16.7 Å². The van der Waals surface area contributed by atoms with Crippen LogP contribution in [0.3, 0.4) is 0 Å². The Kier molecular flexibility index (Phi) is 2.23. The number of rotatable bonds is 2. The van der Waals surface area contributed by atoms with E-state index in [2.05, 4.69) is 0 Å². The highest BCUT2D eigenvalue weighted by atomic mass is 16.5. The van der Waals surface area contributed by atoms with E-state index in [-0.39, 0.29) is 29.5 Å². The molecule has 16 heavy (non-hydrogen) atoms. The Bertz CT molecular complexity index is 382. The molecule has 0 unspecified atom stereocenters. The molecule has 2 rings (SSSR count). The third-order valence-corrected chi connectivity index (χ3v) is 4.46. The van der Waals surface area contributed by atoms with E-state index in [1.165, 1.54) is 6.92 Å². The molecule has 0 spiro atoms. The molecule has 0 radical (unpaired) electrons. The van der Waals surface area contributed by atoms with Gasteiger partial charge >= 0.3 is 5.97 Å². The summed E-state index contributed by atoms with van der Waals surface area (Å²) in [5.41, 5.74) is -1.14. The number of esters is 1. The Balaban J connectivity index is 2.34. The van der Waals surface area contributed by atoms with E-state index in [1.54, 1.807) is 0 Å². The fourth-order valence-corrected chi connectivity index (χ4v) is 3.21. The minimum atomic E-state index is -0.763. The monoisotopic (exact) mass is 224 g/mol. The quantitative estimate of drug-likeness (QED) is 0.521. The van der Waals surface area contributed by atoms with Crippen LogP contribution in [-0.2, 0) is 19.1 Å². The molecule has 0 N–H and O–H groups in total. The number of hydrogen-bond acceptors (Lipinski definition) is 4. The largest absolute Gasteiger partial charge is 0.465 e. The predicted octanol–water partition coefficient (Wildman–Crippen LogP) is 1.12. The first kappa shape index (κ1) is 11.3. The van der Waals surface area contributed by atoms with E-state index in [4.69, 9.17) is 4.74 Å². The van der Waals surface area contributed by atoms with Gasteiger partial charge in [0.1, 0.15) is 6.61 Å². The molecule has 0 aliphatic heterocycles. The molecule has 4 nitrogen and oxygen atoms in total. The first-order chi connectivity index (χ1) is 7.33. The van der Waals surface area contributed by atoms with E-state index in [9.17, 15) is 14.4 Å². The van der Waals surface area contributed by atoms with Crippen molar-refractivity contribution >= 4 is 17.5 Å². The molecule has 0 amide bonds. The van der Waals surface area contributed by atoms with Gasteiger partial charge in [-0.1, -0.05) is 13.8 Å². The predicted molar refractivity (Wildman–Crippen MR) is 55.6 cm³/mol. The van der Waals surface area contributed by atoms with Crippen LogP contribution in [0.2, 0.25) is 0 Å². The lowest BCUT2D eigenvalue weighted by Crippen LogP contribution is -2.41. The summed E-state index contributed by atoms with van der Waals surface area (Å²) in [6.45, 7) is 5.22. The highest BCUT2D eigenvalue weighted by Gasteiger charge is 2.69. The van der Waals surface area contributed by atoms with Crippen LogP contribution in [0.15, 0.2) is 0 Å². The van der Waals surface area contributed by atoms with Crippen molar-refractivity contribution in [2.45, 2.75) is 33.6 Å². The Morgan fingerprint density at radius 2 is 2.06 bits per heavy atom. The summed E-state index contributed by atoms with van der Waals surface area (Å²) in [6.07, 6.45) is 1.39. The number of ketones is 2. The van der Waals surface area contributed by atoms with Gasteiger partial charge in [0.05, 0.1) is 5.41 Å². The molecule has 0 saturated heterocycles. The minimum Gasteiger partial charge on any atom is -0.465 e. The zero-order chi connectivity index (χ0) is 12.1. The lowest BCUT2D eigenvalue weighted by atomic mass is 9.69. The zero-order valence-electron chi connectivity index (χ0n) is 9.83. The second-order valence-electron chi connectivity index (χ2n) is 5.37. The lowest BCUT2D eigenvalue weighted by molar-refractivity contribution is -0.152. The van der Waals surface area contributed by atoms with Crippen LogP contribution >= 0.6 is 0 Å². The Hall–Kier alpha value is -1.19. The average molecular weight is 224 g/mol. The summed E-state index contributed by atoms with van der Waals surface area (Å²) in [6, 6.07) is 0. The maximum absolute atomic E-state index is 12.0. The molecule has 0 heterocycles. The number of fused-ring (bicyclic) bond motifs is 2. The van der Waals surface area contributed by atoms with Crippen LogP contribution in [-0.4, -0.2) is 24.1 Å². The molecule has 2 aliphatic carbocycles. The maximum Gasteiger partial charge on any atom is 0.302 e. The summed E-state index contributed by atoms with van der Waals surface area (Å²) in [5, 5.41) is 0. The molecule has 0 aromatic carbocycles. The highest BCUT2D eigenvalue weighted by molar-refractivity contribution is 6.43. The molecular formula is C12H16O4. The standard InChI is InChI=1S/C12H16O4/c1-7(13)16-6-12-5-4-8(11(12,2)3)9(14)10(12)15/h8H,4-6H2,1-3H3/t8-,12-/m1/s1. The van der Waals surface area contributed by atoms with Crippen molar-refractivity contribution in [3.63, 3.8) is 0 Å². The Morgan fingerprint density at radius 3 is 2.50 bits per heavy atom. The molecular weight excluding hydrogens is 208 g/mol. The first-order valence-corrected chi connectivity index (χ1v) is 5.55. The third-order valence-electron chi connectivity index (χ3n) is 4.46. The Labute approximate surface area is 94.3 Å². The molecule has 2 fully saturated rings. The van der Waals surface area contributed by atoms with E-state index in [0.29, 0.717) is 6.42 Å². The van der Waals surface area contributed by atoms with Crippen molar-refractivity contribution in [3.8, 4) is 0 Å². The summed E-state index contributed by atoms with van der Waals surface area (Å²) < 4.78 is 4.99. The van der Waals surface area contributed by atoms with Crippen molar-refractivity contribution < 1.29 is 19.1 Å². The van der Waals surface area contributed by atoms with Crippen LogP contribution in [0.5, 0.6) is 0 Å². The summed E-state index contributed by atoms with van der Waals surface area (Å²) in [5.74, 6) is -1.20. The van der Waals surface area contributed by atoms with Crippen molar-refractivity contribution in [2.75, 3.05) is 6.61 Å². The zero-order valence-corrected chi connectivity index (χ0v) is 9.83. The number of carbonyl (C=O) groups excluding carboxylic acids is 3. The molecule has 0 aromatic rings. The minimum absolute atomic E-state index is 0.0520. The van der Waals surface area contributed by atoms with Gasteiger partial charge in [-0.15, -0.1) is 0 Å². The average Bonchev–Trinajstić information content (AvgIpc) is 2.51. The molecule has 2 atom stereocenters. The van der Waals surface area contributed by atoms with Crippen LogP contribution in [0.4, 0.5) is 0 Å². The van der Waals surface area contributed by atoms with E-state index >= 15 is 0 Å². The van der Waals surface area contributed by atoms with Crippen molar-refractivity contribution in [1.29, 1.82) is 0 Å². The topological polar surface area (TPSA) is 60.4 Å². The molecule has 2 bridgehead atoms.